The number of carbonyl (C=O) groups excluding carboxylic acids is 1. The molecule has 132 valence electrons. The van der Waals surface area contributed by atoms with Gasteiger partial charge in [-0.25, -0.2) is 0 Å². The van der Waals surface area contributed by atoms with Gasteiger partial charge in [-0.15, -0.1) is 0 Å². The van der Waals surface area contributed by atoms with Gasteiger partial charge in [0.2, 0.25) is 5.60 Å². The molecule has 2 heterocycles. The molecular formula is C23H18N2O2. The van der Waals surface area contributed by atoms with Crippen LogP contribution in [0.1, 0.15) is 16.8 Å². The van der Waals surface area contributed by atoms with Crippen LogP contribution in [0.15, 0.2) is 84.9 Å². The fourth-order valence-electron chi connectivity index (χ4n) is 3.89. The van der Waals surface area contributed by atoms with Crippen molar-refractivity contribution in [1.82, 2.24) is 4.98 Å². The summed E-state index contributed by atoms with van der Waals surface area (Å²) in [5.74, 6) is -0.334. The predicted octanol–water partition coefficient (Wildman–Crippen LogP) is 3.95. The predicted molar refractivity (Wildman–Crippen MR) is 105 cm³/mol. The third-order valence-electron chi connectivity index (χ3n) is 5.24. The smallest absolute Gasteiger partial charge is 0.270 e. The van der Waals surface area contributed by atoms with E-state index < -0.39 is 5.60 Å². The van der Waals surface area contributed by atoms with E-state index in [0.29, 0.717) is 17.8 Å². The highest BCUT2D eigenvalue weighted by Crippen LogP contribution is 2.45. The lowest BCUT2D eigenvalue weighted by Crippen LogP contribution is -2.41. The number of aromatic amines is 1. The van der Waals surface area contributed by atoms with Gasteiger partial charge in [0.15, 0.2) is 0 Å². The molecule has 1 aliphatic rings. The number of para-hydroxylation sites is 2. The third kappa shape index (κ3) is 2.31. The Balaban J connectivity index is 1.65. The second kappa shape index (κ2) is 5.83. The van der Waals surface area contributed by atoms with Crippen molar-refractivity contribution in [2.24, 2.45) is 0 Å². The Hall–Kier alpha value is -3.37. The Morgan fingerprint density at radius 3 is 2.41 bits per heavy atom. The van der Waals surface area contributed by atoms with Crippen LogP contribution in [0.3, 0.4) is 0 Å². The molecule has 4 aromatic rings. The Kier molecular flexibility index (Phi) is 3.42. The molecule has 1 atom stereocenters. The van der Waals surface area contributed by atoms with E-state index >= 15 is 0 Å². The van der Waals surface area contributed by atoms with E-state index in [4.69, 9.17) is 0 Å². The maximum atomic E-state index is 13.4. The van der Waals surface area contributed by atoms with Crippen LogP contribution in [-0.2, 0) is 16.9 Å². The zero-order chi connectivity index (χ0) is 18.4. The highest BCUT2D eigenvalue weighted by Gasteiger charge is 2.51. The van der Waals surface area contributed by atoms with Crippen molar-refractivity contribution in [2.45, 2.75) is 12.1 Å². The molecule has 1 amide bonds. The van der Waals surface area contributed by atoms with E-state index in [2.05, 4.69) is 4.98 Å². The lowest BCUT2D eigenvalue weighted by Gasteiger charge is -2.22. The summed E-state index contributed by atoms with van der Waals surface area (Å²) in [6, 6.07) is 26.9. The quantitative estimate of drug-likeness (QED) is 0.585. The number of aliphatic hydroxyl groups is 1. The molecule has 1 unspecified atom stereocenters. The SMILES string of the molecule is O=C1N(Cc2ccccc2)c2ccccc2C1(O)c1cc2ccccc2[nH]1. The first-order valence-corrected chi connectivity index (χ1v) is 8.94. The molecule has 4 heteroatoms. The number of fused-ring (bicyclic) bond motifs is 2. The zero-order valence-electron chi connectivity index (χ0n) is 14.6. The minimum atomic E-state index is -1.72. The number of carbonyl (C=O) groups is 1. The molecule has 27 heavy (non-hydrogen) atoms. The Bertz CT molecular complexity index is 1120. The molecule has 1 aromatic heterocycles. The van der Waals surface area contributed by atoms with Gasteiger partial charge in [0, 0.05) is 11.1 Å². The number of hydrogen-bond acceptors (Lipinski definition) is 2. The number of benzene rings is 3. The van der Waals surface area contributed by atoms with Crippen LogP contribution in [0.4, 0.5) is 5.69 Å². The summed E-state index contributed by atoms with van der Waals surface area (Å²) < 4.78 is 0. The number of nitrogens with one attached hydrogen (secondary N) is 1. The average molecular weight is 354 g/mol. The molecule has 0 aliphatic carbocycles. The molecule has 3 aromatic carbocycles. The van der Waals surface area contributed by atoms with Gasteiger partial charge in [0.05, 0.1) is 17.9 Å². The molecule has 0 bridgehead atoms. The van der Waals surface area contributed by atoms with Crippen molar-refractivity contribution < 1.29 is 9.90 Å². The fourth-order valence-corrected chi connectivity index (χ4v) is 3.89. The van der Waals surface area contributed by atoms with Gasteiger partial charge in [-0.05, 0) is 29.1 Å². The second-order valence-corrected chi connectivity index (χ2v) is 6.87. The van der Waals surface area contributed by atoms with Crippen LogP contribution < -0.4 is 4.90 Å². The molecule has 0 radical (unpaired) electrons. The highest BCUT2D eigenvalue weighted by molar-refractivity contribution is 6.09. The highest BCUT2D eigenvalue weighted by atomic mass is 16.3. The topological polar surface area (TPSA) is 56.3 Å². The Morgan fingerprint density at radius 2 is 1.59 bits per heavy atom. The molecule has 0 saturated carbocycles. The van der Waals surface area contributed by atoms with E-state index in [1.54, 1.807) is 4.90 Å². The maximum absolute atomic E-state index is 13.4. The van der Waals surface area contributed by atoms with Gasteiger partial charge in [-0.2, -0.15) is 0 Å². The largest absolute Gasteiger partial charge is 0.371 e. The summed E-state index contributed by atoms with van der Waals surface area (Å²) in [5.41, 5.74) is 2.04. The van der Waals surface area contributed by atoms with E-state index in [0.717, 1.165) is 22.2 Å². The third-order valence-corrected chi connectivity index (χ3v) is 5.24. The van der Waals surface area contributed by atoms with Gasteiger partial charge >= 0.3 is 0 Å². The number of nitrogens with zero attached hydrogens (tertiary/aromatic N) is 1. The second-order valence-electron chi connectivity index (χ2n) is 6.87. The molecule has 1 aliphatic heterocycles. The van der Waals surface area contributed by atoms with Crippen molar-refractivity contribution in [1.29, 1.82) is 0 Å². The van der Waals surface area contributed by atoms with Crippen LogP contribution in [0.25, 0.3) is 10.9 Å². The first-order valence-electron chi connectivity index (χ1n) is 8.94. The molecule has 0 spiro atoms. The summed E-state index contributed by atoms with van der Waals surface area (Å²) in [7, 11) is 0. The van der Waals surface area contributed by atoms with Crippen LogP contribution in [0.5, 0.6) is 0 Å². The Morgan fingerprint density at radius 1 is 0.889 bits per heavy atom. The summed E-state index contributed by atoms with van der Waals surface area (Å²) >= 11 is 0. The van der Waals surface area contributed by atoms with Gasteiger partial charge in [0.1, 0.15) is 0 Å². The number of aromatic nitrogens is 1. The standard InChI is InChI=1S/C23H18N2O2/c26-22-23(27,21-14-17-10-4-6-12-19(17)24-21)18-11-5-7-13-20(18)25(22)15-16-8-2-1-3-9-16/h1-14,24,27H,15H2. The first kappa shape index (κ1) is 15.9. The molecule has 2 N–H and O–H groups in total. The normalized spacial score (nSPS) is 18.9. The molecular weight excluding hydrogens is 336 g/mol. The van der Waals surface area contributed by atoms with Crippen molar-refractivity contribution in [3.05, 3.63) is 102 Å². The van der Waals surface area contributed by atoms with Gasteiger partial charge < -0.3 is 15.0 Å². The van der Waals surface area contributed by atoms with Gasteiger partial charge in [-0.3, -0.25) is 4.79 Å². The summed E-state index contributed by atoms with van der Waals surface area (Å²) in [6.07, 6.45) is 0. The molecule has 4 nitrogen and oxygen atoms in total. The van der Waals surface area contributed by atoms with Gasteiger partial charge in [0.25, 0.3) is 5.91 Å². The minimum absolute atomic E-state index is 0.334. The maximum Gasteiger partial charge on any atom is 0.270 e. The average Bonchev–Trinajstić information content (AvgIpc) is 3.24. The number of amides is 1. The number of hydrogen-bond donors (Lipinski definition) is 2. The summed E-state index contributed by atoms with van der Waals surface area (Å²) in [6.45, 7) is 0.416. The van der Waals surface area contributed by atoms with E-state index in [-0.39, 0.29) is 5.91 Å². The van der Waals surface area contributed by atoms with Crippen molar-refractivity contribution >= 4 is 22.5 Å². The van der Waals surface area contributed by atoms with Crippen LogP contribution in [-0.4, -0.2) is 16.0 Å². The molecule has 0 fully saturated rings. The van der Waals surface area contributed by atoms with Crippen molar-refractivity contribution in [2.75, 3.05) is 4.90 Å². The molecule has 5 rings (SSSR count). The lowest BCUT2D eigenvalue weighted by molar-refractivity contribution is -0.132. The van der Waals surface area contributed by atoms with Gasteiger partial charge in [-0.1, -0.05) is 66.7 Å². The van der Waals surface area contributed by atoms with Crippen LogP contribution >= 0.6 is 0 Å². The van der Waals surface area contributed by atoms with E-state index in [9.17, 15) is 9.90 Å². The lowest BCUT2D eigenvalue weighted by atomic mass is 9.92. The number of H-pyrrole nitrogens is 1. The number of rotatable bonds is 3. The summed E-state index contributed by atoms with van der Waals surface area (Å²) in [5, 5.41) is 12.6. The van der Waals surface area contributed by atoms with Crippen LogP contribution in [0, 0.1) is 0 Å². The van der Waals surface area contributed by atoms with Crippen LogP contribution in [0.2, 0.25) is 0 Å². The fraction of sp³-hybridized carbons (Fsp3) is 0.0870. The minimum Gasteiger partial charge on any atom is -0.371 e. The Labute approximate surface area is 156 Å². The molecule has 0 saturated heterocycles. The monoisotopic (exact) mass is 354 g/mol. The van der Waals surface area contributed by atoms with E-state index in [1.165, 1.54) is 0 Å². The zero-order valence-corrected chi connectivity index (χ0v) is 14.6. The summed E-state index contributed by atoms with van der Waals surface area (Å²) in [4.78, 5) is 18.3. The van der Waals surface area contributed by atoms with Crippen molar-refractivity contribution in [3.8, 4) is 0 Å². The van der Waals surface area contributed by atoms with E-state index in [1.807, 2.05) is 84.9 Å². The van der Waals surface area contributed by atoms with Crippen molar-refractivity contribution in [3.63, 3.8) is 0 Å². The number of anilines is 1. The first-order chi connectivity index (χ1) is 13.2.